The van der Waals surface area contributed by atoms with Crippen molar-refractivity contribution in [1.29, 1.82) is 0 Å². The number of amides is 1. The van der Waals surface area contributed by atoms with E-state index >= 15 is 0 Å². The maximum absolute atomic E-state index is 12.2. The van der Waals surface area contributed by atoms with Crippen LogP contribution in [0.3, 0.4) is 0 Å². The summed E-state index contributed by atoms with van der Waals surface area (Å²) in [5, 5.41) is 3.69. The number of carbonyl (C=O) groups excluding carboxylic acids is 2. The second-order valence-electron chi connectivity index (χ2n) is 5.19. The van der Waals surface area contributed by atoms with E-state index in [-0.39, 0.29) is 5.75 Å². The maximum Gasteiger partial charge on any atom is 0.317 e. The van der Waals surface area contributed by atoms with E-state index in [2.05, 4.69) is 5.32 Å². The summed E-state index contributed by atoms with van der Waals surface area (Å²) in [6.45, 7) is 1.50. The average Bonchev–Trinajstić information content (AvgIpc) is 2.62. The summed E-state index contributed by atoms with van der Waals surface area (Å²) in [4.78, 5) is 24.8. The first-order valence-electron chi connectivity index (χ1n) is 7.62. The van der Waals surface area contributed by atoms with Gasteiger partial charge in [0, 0.05) is 9.92 Å². The zero-order chi connectivity index (χ0) is 19.1. The van der Waals surface area contributed by atoms with Crippen LogP contribution in [0, 0.1) is 0 Å². The molecular weight excluding hydrogens is 397 g/mol. The lowest BCUT2D eigenvalue weighted by Gasteiger charge is -2.15. The van der Waals surface area contributed by atoms with Crippen molar-refractivity contribution in [3.8, 4) is 5.75 Å². The lowest BCUT2D eigenvalue weighted by Crippen LogP contribution is -2.30. The topological polar surface area (TPSA) is 64.6 Å². The summed E-state index contributed by atoms with van der Waals surface area (Å²) in [5.41, 5.74) is 0.503. The van der Waals surface area contributed by atoms with Gasteiger partial charge in [-0.15, -0.1) is 11.8 Å². The number of esters is 1. The lowest BCUT2D eigenvalue weighted by molar-refractivity contribution is -0.150. The second-order valence-corrected chi connectivity index (χ2v) is 7.05. The molecule has 0 unspecified atom stereocenters. The number of benzene rings is 2. The molecule has 8 heteroatoms. The van der Waals surface area contributed by atoms with E-state index in [4.69, 9.17) is 32.7 Å². The summed E-state index contributed by atoms with van der Waals surface area (Å²) in [5.74, 6) is -0.459. The Balaban J connectivity index is 1.88. The third kappa shape index (κ3) is 5.83. The van der Waals surface area contributed by atoms with Gasteiger partial charge in [0.15, 0.2) is 6.10 Å². The molecule has 26 heavy (non-hydrogen) atoms. The van der Waals surface area contributed by atoms with Crippen LogP contribution in [0.25, 0.3) is 0 Å². The number of carbonyl (C=O) groups is 2. The van der Waals surface area contributed by atoms with Crippen molar-refractivity contribution in [3.63, 3.8) is 0 Å². The minimum absolute atomic E-state index is 0.00629. The number of methoxy groups -OCH3 is 1. The molecule has 0 radical (unpaired) electrons. The minimum Gasteiger partial charge on any atom is -0.495 e. The summed E-state index contributed by atoms with van der Waals surface area (Å²) in [6, 6.07) is 12.0. The number of thioether (sulfide) groups is 1. The van der Waals surface area contributed by atoms with Crippen LogP contribution in [-0.4, -0.2) is 30.8 Å². The van der Waals surface area contributed by atoms with Gasteiger partial charge >= 0.3 is 5.97 Å². The standard InChI is InChI=1S/C18H17Cl2NO4S/c1-11(18(23)21-14-5-3-4-6-15(14)24-2)25-17(22)10-26-16-9-12(19)7-8-13(16)20/h3-9,11H,10H2,1-2H3,(H,21,23)/t11-/m0/s1. The lowest BCUT2D eigenvalue weighted by atomic mass is 10.2. The zero-order valence-electron chi connectivity index (χ0n) is 14.1. The highest BCUT2D eigenvalue weighted by Crippen LogP contribution is 2.30. The van der Waals surface area contributed by atoms with Crippen LogP contribution in [0.1, 0.15) is 6.92 Å². The number of rotatable bonds is 7. The van der Waals surface area contributed by atoms with Crippen molar-refractivity contribution in [2.45, 2.75) is 17.9 Å². The Kier molecular flexibility index (Phi) is 7.63. The van der Waals surface area contributed by atoms with E-state index < -0.39 is 18.0 Å². The van der Waals surface area contributed by atoms with Gasteiger partial charge in [-0.3, -0.25) is 9.59 Å². The van der Waals surface area contributed by atoms with Gasteiger partial charge in [-0.1, -0.05) is 35.3 Å². The Bertz CT molecular complexity index is 801. The van der Waals surface area contributed by atoms with E-state index in [0.717, 1.165) is 0 Å². The van der Waals surface area contributed by atoms with Crippen molar-refractivity contribution >= 4 is 52.5 Å². The molecule has 1 amide bonds. The number of halogens is 2. The molecule has 0 saturated heterocycles. The molecule has 0 aliphatic rings. The highest BCUT2D eigenvalue weighted by molar-refractivity contribution is 8.00. The molecule has 1 atom stereocenters. The Morgan fingerprint density at radius 3 is 2.65 bits per heavy atom. The predicted octanol–water partition coefficient (Wildman–Crippen LogP) is 4.66. The summed E-state index contributed by atoms with van der Waals surface area (Å²) in [6.07, 6.45) is -0.956. The van der Waals surface area contributed by atoms with Crippen molar-refractivity contribution in [2.75, 3.05) is 18.2 Å². The normalized spacial score (nSPS) is 11.5. The first-order valence-corrected chi connectivity index (χ1v) is 9.36. The van der Waals surface area contributed by atoms with Crippen LogP contribution in [-0.2, 0) is 14.3 Å². The highest BCUT2D eigenvalue weighted by Gasteiger charge is 2.19. The highest BCUT2D eigenvalue weighted by atomic mass is 35.5. The minimum atomic E-state index is -0.956. The molecule has 0 saturated carbocycles. The van der Waals surface area contributed by atoms with Crippen molar-refractivity contribution < 1.29 is 19.1 Å². The molecule has 0 aliphatic carbocycles. The summed E-state index contributed by atoms with van der Waals surface area (Å²) < 4.78 is 10.3. The van der Waals surface area contributed by atoms with Gasteiger partial charge in [0.1, 0.15) is 5.75 Å². The van der Waals surface area contributed by atoms with Crippen LogP contribution in [0.4, 0.5) is 5.69 Å². The number of anilines is 1. The predicted molar refractivity (Wildman–Crippen MR) is 104 cm³/mol. The van der Waals surface area contributed by atoms with Gasteiger partial charge in [0.05, 0.1) is 23.6 Å². The average molecular weight is 414 g/mol. The Morgan fingerprint density at radius 1 is 1.19 bits per heavy atom. The molecule has 5 nitrogen and oxygen atoms in total. The molecule has 0 aliphatic heterocycles. The SMILES string of the molecule is COc1ccccc1NC(=O)[C@H](C)OC(=O)CSc1cc(Cl)ccc1Cl. The van der Waals surface area contributed by atoms with Gasteiger partial charge < -0.3 is 14.8 Å². The fraction of sp³-hybridized carbons (Fsp3) is 0.222. The number of hydrogen-bond acceptors (Lipinski definition) is 5. The van der Waals surface area contributed by atoms with Gasteiger partial charge in [0.25, 0.3) is 5.91 Å². The Morgan fingerprint density at radius 2 is 1.92 bits per heavy atom. The smallest absolute Gasteiger partial charge is 0.317 e. The largest absolute Gasteiger partial charge is 0.495 e. The molecule has 138 valence electrons. The first kappa shape index (κ1) is 20.4. The van der Waals surface area contributed by atoms with Crippen molar-refractivity contribution in [1.82, 2.24) is 0 Å². The molecular formula is C18H17Cl2NO4S. The molecule has 2 aromatic carbocycles. The number of para-hydroxylation sites is 2. The van der Waals surface area contributed by atoms with Crippen LogP contribution in [0.2, 0.25) is 10.0 Å². The molecule has 0 spiro atoms. The van der Waals surface area contributed by atoms with Gasteiger partial charge in [-0.2, -0.15) is 0 Å². The fourth-order valence-electron chi connectivity index (χ4n) is 1.99. The van der Waals surface area contributed by atoms with Crippen LogP contribution >= 0.6 is 35.0 Å². The van der Waals surface area contributed by atoms with Crippen molar-refractivity contribution in [3.05, 3.63) is 52.5 Å². The van der Waals surface area contributed by atoms with E-state index in [1.165, 1.54) is 25.8 Å². The summed E-state index contributed by atoms with van der Waals surface area (Å²) in [7, 11) is 1.51. The molecule has 2 aromatic rings. The Labute approximate surface area is 166 Å². The van der Waals surface area contributed by atoms with Crippen LogP contribution in [0.5, 0.6) is 5.75 Å². The third-order valence-electron chi connectivity index (χ3n) is 3.28. The molecule has 2 rings (SSSR count). The third-order valence-corrected chi connectivity index (χ3v) is 4.99. The maximum atomic E-state index is 12.2. The van der Waals surface area contributed by atoms with E-state index in [1.807, 2.05) is 0 Å². The van der Waals surface area contributed by atoms with Crippen molar-refractivity contribution in [2.24, 2.45) is 0 Å². The quantitative estimate of drug-likeness (QED) is 0.527. The molecule has 0 bridgehead atoms. The second kappa shape index (κ2) is 9.71. The monoisotopic (exact) mass is 413 g/mol. The number of nitrogens with one attached hydrogen (secondary N) is 1. The summed E-state index contributed by atoms with van der Waals surface area (Å²) >= 11 is 13.1. The fourth-order valence-corrected chi connectivity index (χ4v) is 3.27. The Hall–Kier alpha value is -1.89. The zero-order valence-corrected chi connectivity index (χ0v) is 16.5. The molecule has 1 N–H and O–H groups in total. The van der Waals surface area contributed by atoms with Gasteiger partial charge in [-0.25, -0.2) is 0 Å². The first-order chi connectivity index (χ1) is 12.4. The van der Waals surface area contributed by atoms with Crippen LogP contribution < -0.4 is 10.1 Å². The van der Waals surface area contributed by atoms with Gasteiger partial charge in [-0.05, 0) is 37.3 Å². The molecule has 0 fully saturated rings. The van der Waals surface area contributed by atoms with E-state index in [0.29, 0.717) is 26.4 Å². The molecule has 0 heterocycles. The molecule has 0 aromatic heterocycles. The van der Waals surface area contributed by atoms with E-state index in [9.17, 15) is 9.59 Å². The number of hydrogen-bond donors (Lipinski definition) is 1. The van der Waals surface area contributed by atoms with Gasteiger partial charge in [0.2, 0.25) is 0 Å². The van der Waals surface area contributed by atoms with E-state index in [1.54, 1.807) is 42.5 Å². The number of ether oxygens (including phenoxy) is 2. The van der Waals surface area contributed by atoms with Crippen LogP contribution in [0.15, 0.2) is 47.4 Å².